The molecule has 0 aromatic heterocycles. The molecular weight excluding hydrogens is 296 g/mol. The third-order valence-electron chi connectivity index (χ3n) is 4.33. The van der Waals surface area contributed by atoms with Crippen LogP contribution in [0.15, 0.2) is 40.1 Å². The van der Waals surface area contributed by atoms with Crippen molar-refractivity contribution in [1.29, 1.82) is 0 Å². The van der Waals surface area contributed by atoms with Crippen molar-refractivity contribution < 1.29 is 14.1 Å². The van der Waals surface area contributed by atoms with E-state index in [1.165, 1.54) is 17.2 Å². The lowest BCUT2D eigenvalue weighted by molar-refractivity contribution is 0.0696. The first-order chi connectivity index (χ1) is 10.6. The summed E-state index contributed by atoms with van der Waals surface area (Å²) in [7, 11) is -1.35. The van der Waals surface area contributed by atoms with Gasteiger partial charge in [-0.2, -0.15) is 0 Å². The van der Waals surface area contributed by atoms with Crippen LogP contribution in [0.3, 0.4) is 0 Å². The molecule has 1 aliphatic heterocycles. The summed E-state index contributed by atoms with van der Waals surface area (Å²) in [5.74, 6) is -0.998. The molecule has 110 valence electrons. The lowest BCUT2D eigenvalue weighted by Gasteiger charge is -2.09. The lowest BCUT2D eigenvalue weighted by Crippen LogP contribution is -2.02. The van der Waals surface area contributed by atoms with Gasteiger partial charge in [-0.1, -0.05) is 24.3 Å². The highest BCUT2D eigenvalue weighted by Gasteiger charge is 2.22. The first kappa shape index (κ1) is 13.5. The Bertz CT molecular complexity index is 865. The zero-order valence-corrected chi connectivity index (χ0v) is 12.7. The Morgan fingerprint density at radius 3 is 2.41 bits per heavy atom. The van der Waals surface area contributed by atoms with Gasteiger partial charge in [0, 0.05) is 0 Å². The molecule has 22 heavy (non-hydrogen) atoms. The molecule has 0 saturated carbocycles. The fraction of sp³-hybridized carbons (Fsp3) is 0.167. The number of carboxylic acid groups (broad SMARTS) is 1. The number of carboxylic acids is 1. The molecule has 2 aliphatic rings. The molecule has 4 heteroatoms. The second-order valence-electron chi connectivity index (χ2n) is 5.67. The fourth-order valence-corrected chi connectivity index (χ4v) is 4.59. The summed E-state index contributed by atoms with van der Waals surface area (Å²) in [5.41, 5.74) is 4.59. The average molecular weight is 310 g/mol. The van der Waals surface area contributed by atoms with Gasteiger partial charge in [-0.15, -0.1) is 0 Å². The van der Waals surface area contributed by atoms with E-state index in [2.05, 4.69) is 6.07 Å². The van der Waals surface area contributed by atoms with E-state index in [4.69, 9.17) is 5.11 Å². The number of rotatable bonds is 1. The zero-order chi connectivity index (χ0) is 15.3. The van der Waals surface area contributed by atoms with E-state index in [9.17, 15) is 9.00 Å². The molecule has 1 N–H and O–H groups in total. The Hall–Kier alpha value is -2.20. The molecule has 1 heterocycles. The van der Waals surface area contributed by atoms with E-state index in [1.807, 2.05) is 18.2 Å². The Balaban J connectivity index is 1.92. The van der Waals surface area contributed by atoms with E-state index >= 15 is 0 Å². The number of hydrogen-bond acceptors (Lipinski definition) is 2. The smallest absolute Gasteiger partial charge is 0.335 e. The van der Waals surface area contributed by atoms with Crippen molar-refractivity contribution in [2.45, 2.75) is 29.1 Å². The average Bonchev–Trinajstić information content (AvgIpc) is 2.93. The third-order valence-corrected chi connectivity index (χ3v) is 5.83. The molecule has 1 atom stereocenters. The Morgan fingerprint density at radius 1 is 0.955 bits per heavy atom. The van der Waals surface area contributed by atoms with Crippen LogP contribution in [-0.2, 0) is 23.6 Å². The normalized spacial score (nSPS) is 18.3. The number of aryl methyl sites for hydroxylation is 2. The summed E-state index contributed by atoms with van der Waals surface area (Å²) in [6.45, 7) is 0. The van der Waals surface area contributed by atoms with E-state index in [1.54, 1.807) is 12.1 Å². The molecule has 0 radical (unpaired) electrons. The molecule has 1 aliphatic carbocycles. The van der Waals surface area contributed by atoms with Gasteiger partial charge in [-0.25, -0.2) is 9.00 Å². The highest BCUT2D eigenvalue weighted by atomic mass is 32.2. The van der Waals surface area contributed by atoms with E-state index in [-0.39, 0.29) is 5.56 Å². The fourth-order valence-electron chi connectivity index (χ4n) is 3.18. The van der Waals surface area contributed by atoms with Gasteiger partial charge in [-0.3, -0.25) is 0 Å². The van der Waals surface area contributed by atoms with Crippen molar-refractivity contribution in [2.75, 3.05) is 0 Å². The number of fused-ring (bicyclic) bond motifs is 3. The SMILES string of the molecule is O=C(O)c1ccc2c(c1)S(=O)c1cc3c(cc1C=C2)CCC3. The monoisotopic (exact) mass is 310 g/mol. The molecule has 2 aromatic carbocycles. The van der Waals surface area contributed by atoms with Crippen molar-refractivity contribution in [3.05, 3.63) is 58.1 Å². The summed E-state index contributed by atoms with van der Waals surface area (Å²) < 4.78 is 13.0. The van der Waals surface area contributed by atoms with Crippen LogP contribution >= 0.6 is 0 Å². The van der Waals surface area contributed by atoms with Crippen LogP contribution in [0.4, 0.5) is 0 Å². The molecule has 0 spiro atoms. The molecule has 1 unspecified atom stereocenters. The number of hydrogen-bond donors (Lipinski definition) is 1. The van der Waals surface area contributed by atoms with Crippen LogP contribution in [0.1, 0.15) is 39.0 Å². The molecule has 3 nitrogen and oxygen atoms in total. The van der Waals surface area contributed by atoms with Crippen LogP contribution < -0.4 is 0 Å². The highest BCUT2D eigenvalue weighted by molar-refractivity contribution is 7.85. The molecule has 0 fully saturated rings. The molecular formula is C18H14O3S. The van der Waals surface area contributed by atoms with Gasteiger partial charge in [-0.05, 0) is 59.7 Å². The van der Waals surface area contributed by atoms with Gasteiger partial charge in [0.05, 0.1) is 26.2 Å². The minimum atomic E-state index is -1.35. The van der Waals surface area contributed by atoms with Gasteiger partial charge in [0.25, 0.3) is 0 Å². The van der Waals surface area contributed by atoms with E-state index in [0.29, 0.717) is 4.90 Å². The summed E-state index contributed by atoms with van der Waals surface area (Å²) in [4.78, 5) is 12.5. The van der Waals surface area contributed by atoms with Crippen LogP contribution in [0.2, 0.25) is 0 Å². The maximum absolute atomic E-state index is 13.0. The minimum Gasteiger partial charge on any atom is -0.478 e. The van der Waals surface area contributed by atoms with Crippen molar-refractivity contribution in [1.82, 2.24) is 0 Å². The first-order valence-electron chi connectivity index (χ1n) is 7.26. The predicted octanol–water partition coefficient (Wildman–Crippen LogP) is 3.52. The topological polar surface area (TPSA) is 54.4 Å². The second kappa shape index (κ2) is 4.92. The van der Waals surface area contributed by atoms with Crippen molar-refractivity contribution >= 4 is 28.9 Å². The van der Waals surface area contributed by atoms with Crippen LogP contribution in [0, 0.1) is 0 Å². The standard InChI is InChI=1S/C18H14O3S/c19-18(20)15-7-5-11-4-6-14-8-12-2-1-3-13(12)9-17(14)22(21)16(11)10-15/h4-10H,1-3H2,(H,19,20). The van der Waals surface area contributed by atoms with Gasteiger partial charge < -0.3 is 5.11 Å². The second-order valence-corrected chi connectivity index (χ2v) is 7.09. The number of aromatic carboxylic acids is 1. The molecule has 0 amide bonds. The zero-order valence-electron chi connectivity index (χ0n) is 11.8. The molecule has 2 aromatic rings. The van der Waals surface area contributed by atoms with Gasteiger partial charge in [0.15, 0.2) is 0 Å². The summed E-state index contributed by atoms with van der Waals surface area (Å²) in [5, 5.41) is 9.15. The van der Waals surface area contributed by atoms with Crippen molar-refractivity contribution in [3.63, 3.8) is 0 Å². The predicted molar refractivity (Wildman–Crippen MR) is 85.5 cm³/mol. The lowest BCUT2D eigenvalue weighted by atomic mass is 10.0. The van der Waals surface area contributed by atoms with Crippen molar-refractivity contribution in [2.24, 2.45) is 0 Å². The summed E-state index contributed by atoms with van der Waals surface area (Å²) in [6, 6.07) is 8.99. The molecule has 0 saturated heterocycles. The minimum absolute atomic E-state index is 0.171. The van der Waals surface area contributed by atoms with E-state index in [0.717, 1.165) is 35.3 Å². The van der Waals surface area contributed by atoms with Gasteiger partial charge in [0.1, 0.15) is 0 Å². The number of carbonyl (C=O) groups is 1. The third kappa shape index (κ3) is 2.03. The first-order valence-corrected chi connectivity index (χ1v) is 8.41. The maximum atomic E-state index is 13.0. The number of benzene rings is 2. The van der Waals surface area contributed by atoms with Crippen molar-refractivity contribution in [3.8, 4) is 0 Å². The Kier molecular flexibility index (Phi) is 3.01. The summed E-state index contributed by atoms with van der Waals surface area (Å²) in [6.07, 6.45) is 7.17. The highest BCUT2D eigenvalue weighted by Crippen LogP contribution is 2.34. The molecule has 0 bridgehead atoms. The van der Waals surface area contributed by atoms with Crippen LogP contribution in [-0.4, -0.2) is 15.3 Å². The quantitative estimate of drug-likeness (QED) is 0.748. The Morgan fingerprint density at radius 2 is 1.64 bits per heavy atom. The Labute approximate surface area is 130 Å². The van der Waals surface area contributed by atoms with E-state index < -0.39 is 16.8 Å². The molecule has 4 rings (SSSR count). The van der Waals surface area contributed by atoms with Gasteiger partial charge in [0.2, 0.25) is 0 Å². The van der Waals surface area contributed by atoms with Crippen LogP contribution in [0.25, 0.3) is 12.2 Å². The largest absolute Gasteiger partial charge is 0.478 e. The van der Waals surface area contributed by atoms with Crippen LogP contribution in [0.5, 0.6) is 0 Å². The maximum Gasteiger partial charge on any atom is 0.335 e. The summed E-state index contributed by atoms with van der Waals surface area (Å²) >= 11 is 0. The van der Waals surface area contributed by atoms with Gasteiger partial charge >= 0.3 is 5.97 Å².